The van der Waals surface area contributed by atoms with Crippen LogP contribution in [0.5, 0.6) is 5.75 Å². The second-order valence-corrected chi connectivity index (χ2v) is 5.54. The maximum absolute atomic E-state index is 13.0. The number of ether oxygens (including phenoxy) is 1. The molecule has 2 aromatic carbocycles. The van der Waals surface area contributed by atoms with Crippen molar-refractivity contribution in [3.05, 3.63) is 65.5 Å². The third-order valence-electron chi connectivity index (χ3n) is 3.87. The fourth-order valence-corrected chi connectivity index (χ4v) is 2.66. The minimum Gasteiger partial charge on any atom is -0.484 e. The standard InChI is InChI=1S/C18H17FN2O3/c19-13-4-3-5-14(8-13)24-11-17(22)20-9-12-10-21-18(23)16-7-2-1-6-15(12)16/h1-8,12H,9-11H2,(H,20,22)(H,21,23). The fourth-order valence-electron chi connectivity index (χ4n) is 2.66. The summed E-state index contributed by atoms with van der Waals surface area (Å²) in [6.07, 6.45) is 0. The van der Waals surface area contributed by atoms with Crippen LogP contribution in [0.4, 0.5) is 4.39 Å². The van der Waals surface area contributed by atoms with E-state index in [0.29, 0.717) is 24.4 Å². The molecule has 2 N–H and O–H groups in total. The van der Waals surface area contributed by atoms with E-state index in [2.05, 4.69) is 10.6 Å². The van der Waals surface area contributed by atoms with E-state index in [1.54, 1.807) is 12.1 Å². The van der Waals surface area contributed by atoms with Crippen LogP contribution in [0.2, 0.25) is 0 Å². The molecule has 2 amide bonds. The van der Waals surface area contributed by atoms with Crippen LogP contribution < -0.4 is 15.4 Å². The van der Waals surface area contributed by atoms with Gasteiger partial charge in [-0.25, -0.2) is 4.39 Å². The van der Waals surface area contributed by atoms with E-state index < -0.39 is 5.82 Å². The lowest BCUT2D eigenvalue weighted by Crippen LogP contribution is -2.41. The van der Waals surface area contributed by atoms with Crippen LogP contribution in [-0.4, -0.2) is 31.5 Å². The summed E-state index contributed by atoms with van der Waals surface area (Å²) < 4.78 is 18.3. The molecule has 1 unspecified atom stereocenters. The van der Waals surface area contributed by atoms with E-state index in [1.807, 2.05) is 18.2 Å². The SMILES string of the molecule is O=C(COc1cccc(F)c1)NCC1CNC(=O)c2ccccc21. The summed E-state index contributed by atoms with van der Waals surface area (Å²) in [6, 6.07) is 13.0. The number of hydrogen-bond donors (Lipinski definition) is 2. The smallest absolute Gasteiger partial charge is 0.257 e. The van der Waals surface area contributed by atoms with Gasteiger partial charge in [0.1, 0.15) is 11.6 Å². The summed E-state index contributed by atoms with van der Waals surface area (Å²) in [5.41, 5.74) is 1.56. The van der Waals surface area contributed by atoms with Crippen molar-refractivity contribution >= 4 is 11.8 Å². The minimum absolute atomic E-state index is 0.0111. The van der Waals surface area contributed by atoms with Gasteiger partial charge >= 0.3 is 0 Å². The average Bonchev–Trinajstić information content (AvgIpc) is 2.60. The molecule has 1 aliphatic rings. The predicted octanol–water partition coefficient (Wildman–Crippen LogP) is 1.85. The molecule has 0 radical (unpaired) electrons. The molecule has 0 aliphatic carbocycles. The van der Waals surface area contributed by atoms with Gasteiger partial charge in [0, 0.05) is 30.6 Å². The molecule has 0 fully saturated rings. The van der Waals surface area contributed by atoms with E-state index in [0.717, 1.165) is 5.56 Å². The second-order valence-electron chi connectivity index (χ2n) is 5.54. The number of carbonyl (C=O) groups excluding carboxylic acids is 2. The fraction of sp³-hybridized carbons (Fsp3) is 0.222. The third-order valence-corrected chi connectivity index (χ3v) is 3.87. The number of hydrogen-bond acceptors (Lipinski definition) is 3. The Morgan fingerprint density at radius 2 is 2.08 bits per heavy atom. The van der Waals surface area contributed by atoms with Gasteiger partial charge in [-0.15, -0.1) is 0 Å². The molecule has 124 valence electrons. The zero-order valence-corrected chi connectivity index (χ0v) is 12.9. The van der Waals surface area contributed by atoms with Crippen LogP contribution >= 0.6 is 0 Å². The van der Waals surface area contributed by atoms with E-state index in [9.17, 15) is 14.0 Å². The average molecular weight is 328 g/mol. The van der Waals surface area contributed by atoms with Gasteiger partial charge in [-0.05, 0) is 23.8 Å². The zero-order chi connectivity index (χ0) is 16.9. The van der Waals surface area contributed by atoms with Crippen LogP contribution in [0, 0.1) is 5.82 Å². The number of rotatable bonds is 5. The topological polar surface area (TPSA) is 67.4 Å². The first-order valence-corrected chi connectivity index (χ1v) is 7.65. The van der Waals surface area contributed by atoms with E-state index in [4.69, 9.17) is 4.74 Å². The molecule has 1 aliphatic heterocycles. The van der Waals surface area contributed by atoms with Crippen molar-refractivity contribution in [1.29, 1.82) is 0 Å². The lowest BCUT2D eigenvalue weighted by molar-refractivity contribution is -0.123. The van der Waals surface area contributed by atoms with Crippen LogP contribution in [0.1, 0.15) is 21.8 Å². The first-order chi connectivity index (χ1) is 11.6. The molecule has 0 saturated carbocycles. The molecule has 24 heavy (non-hydrogen) atoms. The van der Waals surface area contributed by atoms with E-state index in [-0.39, 0.29) is 24.3 Å². The van der Waals surface area contributed by atoms with Crippen LogP contribution in [0.3, 0.4) is 0 Å². The van der Waals surface area contributed by atoms with Gasteiger partial charge in [0.2, 0.25) is 0 Å². The normalized spacial score (nSPS) is 16.0. The Morgan fingerprint density at radius 1 is 1.25 bits per heavy atom. The van der Waals surface area contributed by atoms with E-state index in [1.165, 1.54) is 18.2 Å². The van der Waals surface area contributed by atoms with Crippen molar-refractivity contribution in [2.75, 3.05) is 19.7 Å². The highest BCUT2D eigenvalue weighted by Crippen LogP contribution is 2.23. The third kappa shape index (κ3) is 3.71. The second kappa shape index (κ2) is 7.12. The van der Waals surface area contributed by atoms with Gasteiger partial charge in [0.05, 0.1) is 0 Å². The molecule has 6 heteroatoms. The molecule has 0 spiro atoms. The van der Waals surface area contributed by atoms with Gasteiger partial charge in [-0.2, -0.15) is 0 Å². The summed E-state index contributed by atoms with van der Waals surface area (Å²) in [4.78, 5) is 23.7. The van der Waals surface area contributed by atoms with Crippen molar-refractivity contribution in [2.45, 2.75) is 5.92 Å². The Morgan fingerprint density at radius 3 is 2.92 bits per heavy atom. The Hall–Kier alpha value is -2.89. The summed E-state index contributed by atoms with van der Waals surface area (Å²) in [5, 5.41) is 5.60. The Balaban J connectivity index is 1.53. The number of benzene rings is 2. The van der Waals surface area contributed by atoms with Crippen molar-refractivity contribution in [3.8, 4) is 5.75 Å². The van der Waals surface area contributed by atoms with Gasteiger partial charge < -0.3 is 15.4 Å². The molecule has 1 atom stereocenters. The number of fused-ring (bicyclic) bond motifs is 1. The van der Waals surface area contributed by atoms with E-state index >= 15 is 0 Å². The Labute approximate surface area is 138 Å². The quantitative estimate of drug-likeness (QED) is 0.880. The van der Waals surface area contributed by atoms with Crippen molar-refractivity contribution < 1.29 is 18.7 Å². The largest absolute Gasteiger partial charge is 0.484 e. The maximum atomic E-state index is 13.0. The molecule has 0 aromatic heterocycles. The molecule has 0 bridgehead atoms. The number of carbonyl (C=O) groups is 2. The van der Waals surface area contributed by atoms with Gasteiger partial charge in [0.25, 0.3) is 11.8 Å². The molecule has 0 saturated heterocycles. The Bertz CT molecular complexity index is 763. The highest BCUT2D eigenvalue weighted by molar-refractivity contribution is 5.97. The lowest BCUT2D eigenvalue weighted by Gasteiger charge is -2.25. The predicted molar refractivity (Wildman–Crippen MR) is 86.4 cm³/mol. The number of halogens is 1. The summed E-state index contributed by atoms with van der Waals surface area (Å²) in [6.45, 7) is 0.674. The molecular formula is C18H17FN2O3. The van der Waals surface area contributed by atoms with Crippen molar-refractivity contribution in [3.63, 3.8) is 0 Å². The van der Waals surface area contributed by atoms with Crippen LogP contribution in [0.25, 0.3) is 0 Å². The minimum atomic E-state index is -0.414. The Kier molecular flexibility index (Phi) is 4.74. The number of nitrogens with one attached hydrogen (secondary N) is 2. The van der Waals surface area contributed by atoms with Crippen molar-refractivity contribution in [1.82, 2.24) is 10.6 Å². The van der Waals surface area contributed by atoms with Crippen LogP contribution in [0.15, 0.2) is 48.5 Å². The lowest BCUT2D eigenvalue weighted by atomic mass is 9.90. The molecule has 1 heterocycles. The first-order valence-electron chi connectivity index (χ1n) is 7.65. The number of amides is 2. The highest BCUT2D eigenvalue weighted by atomic mass is 19.1. The maximum Gasteiger partial charge on any atom is 0.257 e. The van der Waals surface area contributed by atoms with Gasteiger partial charge in [0.15, 0.2) is 6.61 Å². The zero-order valence-electron chi connectivity index (χ0n) is 12.9. The van der Waals surface area contributed by atoms with Crippen molar-refractivity contribution in [2.24, 2.45) is 0 Å². The summed E-state index contributed by atoms with van der Waals surface area (Å²) in [7, 11) is 0. The molecular weight excluding hydrogens is 311 g/mol. The summed E-state index contributed by atoms with van der Waals surface area (Å²) >= 11 is 0. The van der Waals surface area contributed by atoms with Gasteiger partial charge in [-0.3, -0.25) is 9.59 Å². The molecule has 3 rings (SSSR count). The monoisotopic (exact) mass is 328 g/mol. The van der Waals surface area contributed by atoms with Crippen LogP contribution in [-0.2, 0) is 4.79 Å². The highest BCUT2D eigenvalue weighted by Gasteiger charge is 2.24. The first kappa shape index (κ1) is 16.0. The molecule has 5 nitrogen and oxygen atoms in total. The molecule has 2 aromatic rings. The van der Waals surface area contributed by atoms with Gasteiger partial charge in [-0.1, -0.05) is 24.3 Å². The summed E-state index contributed by atoms with van der Waals surface area (Å²) in [5.74, 6) is -0.490.